The van der Waals surface area contributed by atoms with E-state index >= 15 is 0 Å². The molecule has 1 heterocycles. The Kier molecular flexibility index (Phi) is 4.88. The van der Waals surface area contributed by atoms with Crippen LogP contribution in [-0.4, -0.2) is 75.7 Å². The monoisotopic (exact) mass is 248 g/mol. The molecule has 0 aromatic carbocycles. The highest BCUT2D eigenvalue weighted by Gasteiger charge is 2.21. The number of carboxylic acid groups (broad SMARTS) is 1. The number of hydrogen-bond donors (Lipinski definition) is 1. The van der Waals surface area contributed by atoms with Gasteiger partial charge in [-0.1, -0.05) is 0 Å². The second-order valence-electron chi connectivity index (χ2n) is 3.81. The number of aliphatic carboxylic acids is 1. The highest BCUT2D eigenvalue weighted by atomic mass is 32.2. The average Bonchev–Trinajstić information content (AvgIpc) is 2.16. The first-order valence-corrected chi connectivity index (χ1v) is 6.51. The Morgan fingerprint density at radius 1 is 1.19 bits per heavy atom. The van der Waals surface area contributed by atoms with Crippen molar-refractivity contribution >= 4 is 22.7 Å². The summed E-state index contributed by atoms with van der Waals surface area (Å²) in [5.41, 5.74) is 0. The molecule has 16 heavy (non-hydrogen) atoms. The van der Waals surface area contributed by atoms with Crippen molar-refractivity contribution in [1.82, 2.24) is 9.80 Å². The van der Waals surface area contributed by atoms with Crippen LogP contribution in [0.2, 0.25) is 0 Å². The van der Waals surface area contributed by atoms with Crippen LogP contribution in [0, 0.1) is 0 Å². The third-order valence-electron chi connectivity index (χ3n) is 2.42. The lowest BCUT2D eigenvalue weighted by molar-refractivity contribution is -0.134. The number of amides is 1. The van der Waals surface area contributed by atoms with Crippen molar-refractivity contribution in [3.63, 3.8) is 0 Å². The predicted octanol–water partition coefficient (Wildman–Crippen LogP) is -1.41. The molecule has 0 saturated carbocycles. The van der Waals surface area contributed by atoms with E-state index in [2.05, 4.69) is 4.90 Å². The SMILES string of the molecule is CN1CCN(C(=O)CS(=O)CC(=O)O)CC1. The van der Waals surface area contributed by atoms with E-state index < -0.39 is 22.5 Å². The number of piperazine rings is 1. The number of carbonyl (C=O) groups is 2. The van der Waals surface area contributed by atoms with E-state index in [1.54, 1.807) is 4.90 Å². The van der Waals surface area contributed by atoms with Crippen molar-refractivity contribution in [1.29, 1.82) is 0 Å². The maximum atomic E-state index is 11.6. The molecule has 92 valence electrons. The fourth-order valence-corrected chi connectivity index (χ4v) is 2.31. The molecular formula is C9H16N2O4S. The van der Waals surface area contributed by atoms with Crippen LogP contribution in [0.25, 0.3) is 0 Å². The van der Waals surface area contributed by atoms with E-state index in [1.807, 2.05) is 7.05 Å². The quantitative estimate of drug-likeness (QED) is 0.661. The van der Waals surface area contributed by atoms with E-state index in [-0.39, 0.29) is 11.7 Å². The van der Waals surface area contributed by atoms with E-state index in [1.165, 1.54) is 0 Å². The van der Waals surface area contributed by atoms with Crippen LogP contribution in [-0.2, 0) is 20.4 Å². The number of carbonyl (C=O) groups excluding carboxylic acids is 1. The van der Waals surface area contributed by atoms with Gasteiger partial charge in [-0.2, -0.15) is 0 Å². The number of likely N-dealkylation sites (N-methyl/N-ethyl adjacent to an activating group) is 1. The molecule has 1 aliphatic heterocycles. The smallest absolute Gasteiger partial charge is 0.316 e. The van der Waals surface area contributed by atoms with Gasteiger partial charge in [-0.05, 0) is 7.05 Å². The molecule has 1 amide bonds. The second-order valence-corrected chi connectivity index (χ2v) is 5.26. The zero-order chi connectivity index (χ0) is 12.1. The van der Waals surface area contributed by atoms with Crippen LogP contribution in [0.5, 0.6) is 0 Å². The van der Waals surface area contributed by atoms with Crippen molar-refractivity contribution in [2.75, 3.05) is 44.7 Å². The Balaban J connectivity index is 2.35. The molecule has 1 atom stereocenters. The van der Waals surface area contributed by atoms with Crippen molar-refractivity contribution in [2.24, 2.45) is 0 Å². The van der Waals surface area contributed by atoms with Gasteiger partial charge in [0.15, 0.2) is 0 Å². The Hall–Kier alpha value is -0.950. The third kappa shape index (κ3) is 4.28. The zero-order valence-corrected chi connectivity index (χ0v) is 10.0. The summed E-state index contributed by atoms with van der Waals surface area (Å²) in [6, 6.07) is 0. The fraction of sp³-hybridized carbons (Fsp3) is 0.778. The van der Waals surface area contributed by atoms with Crippen molar-refractivity contribution in [3.05, 3.63) is 0 Å². The van der Waals surface area contributed by atoms with Gasteiger partial charge in [-0.15, -0.1) is 0 Å². The van der Waals surface area contributed by atoms with Crippen LogP contribution in [0.1, 0.15) is 0 Å². The van der Waals surface area contributed by atoms with Crippen LogP contribution < -0.4 is 0 Å². The first kappa shape index (κ1) is 13.1. The molecule has 0 radical (unpaired) electrons. The molecule has 0 aliphatic carbocycles. The van der Waals surface area contributed by atoms with Crippen LogP contribution in [0.4, 0.5) is 0 Å². The molecule has 0 aromatic rings. The number of rotatable bonds is 4. The molecule has 0 aromatic heterocycles. The summed E-state index contributed by atoms with van der Waals surface area (Å²) in [6.45, 7) is 2.85. The third-order valence-corrected chi connectivity index (χ3v) is 3.56. The van der Waals surface area contributed by atoms with Gasteiger partial charge in [0.2, 0.25) is 5.91 Å². The van der Waals surface area contributed by atoms with Crippen LogP contribution >= 0.6 is 0 Å². The summed E-state index contributed by atoms with van der Waals surface area (Å²) < 4.78 is 11.2. The van der Waals surface area contributed by atoms with Crippen molar-refractivity contribution in [2.45, 2.75) is 0 Å². The molecule has 7 heteroatoms. The van der Waals surface area contributed by atoms with E-state index in [0.29, 0.717) is 13.1 Å². The lowest BCUT2D eigenvalue weighted by Gasteiger charge is -2.32. The number of carboxylic acids is 1. The molecule has 1 fully saturated rings. The summed E-state index contributed by atoms with van der Waals surface area (Å²) >= 11 is 0. The second kappa shape index (κ2) is 5.95. The van der Waals surface area contributed by atoms with E-state index in [9.17, 15) is 13.8 Å². The highest BCUT2D eigenvalue weighted by Crippen LogP contribution is 2.00. The molecule has 1 N–H and O–H groups in total. The van der Waals surface area contributed by atoms with Gasteiger partial charge in [0.1, 0.15) is 11.5 Å². The van der Waals surface area contributed by atoms with Crippen molar-refractivity contribution in [3.8, 4) is 0 Å². The number of nitrogens with zero attached hydrogens (tertiary/aromatic N) is 2. The maximum Gasteiger partial charge on any atom is 0.316 e. The molecule has 1 aliphatic rings. The predicted molar refractivity (Wildman–Crippen MR) is 59.6 cm³/mol. The summed E-state index contributed by atoms with van der Waals surface area (Å²) in [4.78, 5) is 25.7. The zero-order valence-electron chi connectivity index (χ0n) is 9.22. The normalized spacial score (nSPS) is 19.4. The number of hydrogen-bond acceptors (Lipinski definition) is 4. The maximum absolute atomic E-state index is 11.6. The molecule has 0 bridgehead atoms. The summed E-state index contributed by atoms with van der Waals surface area (Å²) in [7, 11) is 0.382. The topological polar surface area (TPSA) is 77.9 Å². The first-order chi connectivity index (χ1) is 7.49. The van der Waals surface area contributed by atoms with Gasteiger partial charge in [0, 0.05) is 37.0 Å². The lowest BCUT2D eigenvalue weighted by atomic mass is 10.3. The molecule has 1 rings (SSSR count). The molecule has 6 nitrogen and oxygen atoms in total. The Morgan fingerprint density at radius 3 is 2.25 bits per heavy atom. The van der Waals surface area contributed by atoms with Gasteiger partial charge < -0.3 is 14.9 Å². The van der Waals surface area contributed by atoms with Crippen LogP contribution in [0.3, 0.4) is 0 Å². The van der Waals surface area contributed by atoms with E-state index in [0.717, 1.165) is 13.1 Å². The Labute approximate surface area is 96.7 Å². The van der Waals surface area contributed by atoms with Crippen molar-refractivity contribution < 1.29 is 18.9 Å². The summed E-state index contributed by atoms with van der Waals surface area (Å²) in [6.07, 6.45) is 0. The minimum Gasteiger partial charge on any atom is -0.481 e. The molecule has 1 unspecified atom stereocenters. The first-order valence-electron chi connectivity index (χ1n) is 5.02. The highest BCUT2D eigenvalue weighted by molar-refractivity contribution is 7.86. The Morgan fingerprint density at radius 2 is 1.75 bits per heavy atom. The van der Waals surface area contributed by atoms with Gasteiger partial charge in [-0.3, -0.25) is 13.8 Å². The molecule has 1 saturated heterocycles. The largest absolute Gasteiger partial charge is 0.481 e. The molecular weight excluding hydrogens is 232 g/mol. The van der Waals surface area contributed by atoms with Gasteiger partial charge in [0.25, 0.3) is 0 Å². The minimum atomic E-state index is -1.60. The fourth-order valence-electron chi connectivity index (χ4n) is 1.47. The Bertz CT molecular complexity index is 300. The van der Waals surface area contributed by atoms with Crippen LogP contribution in [0.15, 0.2) is 0 Å². The van der Waals surface area contributed by atoms with E-state index in [4.69, 9.17) is 5.11 Å². The molecule has 0 spiro atoms. The minimum absolute atomic E-state index is 0.185. The van der Waals surface area contributed by atoms with Gasteiger partial charge >= 0.3 is 5.97 Å². The van der Waals surface area contributed by atoms with Gasteiger partial charge in [-0.25, -0.2) is 0 Å². The summed E-state index contributed by atoms with van der Waals surface area (Å²) in [5, 5.41) is 8.42. The summed E-state index contributed by atoms with van der Waals surface area (Å²) in [5.74, 6) is -1.99. The average molecular weight is 248 g/mol. The van der Waals surface area contributed by atoms with Gasteiger partial charge in [0.05, 0.1) is 0 Å². The standard InChI is InChI=1S/C9H16N2O4S/c1-10-2-4-11(5-3-10)8(12)6-16(15)7-9(13)14/h2-7H2,1H3,(H,13,14). The lowest BCUT2D eigenvalue weighted by Crippen LogP contribution is -2.48.